The van der Waals surface area contributed by atoms with E-state index in [0.717, 1.165) is 5.56 Å². The fourth-order valence-electron chi connectivity index (χ4n) is 2.63. The van der Waals surface area contributed by atoms with Gasteiger partial charge in [0.1, 0.15) is 5.78 Å². The molecule has 1 aromatic carbocycles. The molecule has 1 aliphatic heterocycles. The van der Waals surface area contributed by atoms with Gasteiger partial charge in [0.15, 0.2) is 0 Å². The second-order valence-electron chi connectivity index (χ2n) is 5.33. The molecule has 2 atom stereocenters. The van der Waals surface area contributed by atoms with E-state index in [9.17, 15) is 14.4 Å². The van der Waals surface area contributed by atoms with E-state index in [-0.39, 0.29) is 24.0 Å². The first-order valence-corrected chi connectivity index (χ1v) is 6.92. The molecule has 1 saturated heterocycles. The second kappa shape index (κ2) is 5.57. The monoisotopic (exact) mass is 273 g/mol. The normalized spacial score (nSPS) is 20.4. The Balaban J connectivity index is 2.28. The average Bonchev–Trinajstić information content (AvgIpc) is 2.72. The maximum absolute atomic E-state index is 12.4. The molecule has 0 bridgehead atoms. The van der Waals surface area contributed by atoms with E-state index in [1.807, 2.05) is 25.1 Å². The zero-order valence-electron chi connectivity index (χ0n) is 12.1. The molecule has 0 aliphatic carbocycles. The maximum Gasteiger partial charge on any atom is 0.238 e. The number of rotatable bonds is 4. The molecule has 1 fully saturated rings. The summed E-state index contributed by atoms with van der Waals surface area (Å²) >= 11 is 0. The van der Waals surface area contributed by atoms with Gasteiger partial charge in [-0.3, -0.25) is 19.3 Å². The third-order valence-electron chi connectivity index (χ3n) is 3.90. The summed E-state index contributed by atoms with van der Waals surface area (Å²) in [5.41, 5.74) is 1.59. The summed E-state index contributed by atoms with van der Waals surface area (Å²) in [6.45, 7) is 5.43. The summed E-state index contributed by atoms with van der Waals surface area (Å²) in [6.07, 6.45) is 0.517. The molecule has 0 aromatic heterocycles. The van der Waals surface area contributed by atoms with Crippen molar-refractivity contribution in [2.24, 2.45) is 11.8 Å². The van der Waals surface area contributed by atoms with E-state index >= 15 is 0 Å². The van der Waals surface area contributed by atoms with Gasteiger partial charge in [-0.1, -0.05) is 26.0 Å². The molecular weight excluding hydrogens is 254 g/mol. The Hall–Kier alpha value is -1.97. The lowest BCUT2D eigenvalue weighted by molar-refractivity contribution is -0.129. The Labute approximate surface area is 118 Å². The van der Waals surface area contributed by atoms with Crippen LogP contribution in [0.1, 0.15) is 32.3 Å². The van der Waals surface area contributed by atoms with Crippen molar-refractivity contribution in [3.8, 4) is 0 Å². The molecule has 4 heteroatoms. The molecule has 4 nitrogen and oxygen atoms in total. The summed E-state index contributed by atoms with van der Waals surface area (Å²) in [6, 6.07) is 7.29. The minimum absolute atomic E-state index is 0.0299. The van der Waals surface area contributed by atoms with Gasteiger partial charge in [-0.05, 0) is 24.6 Å². The van der Waals surface area contributed by atoms with E-state index in [2.05, 4.69) is 0 Å². The number of carbonyl (C=O) groups excluding carboxylic acids is 3. The Kier molecular flexibility index (Phi) is 4.02. The van der Waals surface area contributed by atoms with Gasteiger partial charge in [-0.15, -0.1) is 0 Å². The molecule has 0 radical (unpaired) electrons. The molecule has 0 spiro atoms. The van der Waals surface area contributed by atoms with Crippen LogP contribution in [0.3, 0.4) is 0 Å². The minimum Gasteiger partial charge on any atom is -0.299 e. The highest BCUT2D eigenvalue weighted by Gasteiger charge is 2.43. The predicted octanol–water partition coefficient (Wildman–Crippen LogP) is 2.49. The Morgan fingerprint density at radius 2 is 2.10 bits per heavy atom. The van der Waals surface area contributed by atoms with Gasteiger partial charge in [0.05, 0.1) is 11.6 Å². The Morgan fingerprint density at radius 1 is 1.40 bits per heavy atom. The molecule has 2 rings (SSSR count). The molecule has 0 N–H and O–H groups in total. The van der Waals surface area contributed by atoms with Crippen LogP contribution in [0.4, 0.5) is 5.69 Å². The molecule has 20 heavy (non-hydrogen) atoms. The fraction of sp³-hybridized carbons (Fsp3) is 0.438. The number of aryl methyl sites for hydroxylation is 1. The number of carbonyl (C=O) groups is 3. The molecule has 2 unspecified atom stereocenters. The third kappa shape index (κ3) is 2.50. The summed E-state index contributed by atoms with van der Waals surface area (Å²) in [4.78, 5) is 37.5. The largest absolute Gasteiger partial charge is 0.299 e. The number of hydrogen-bond donors (Lipinski definition) is 0. The van der Waals surface area contributed by atoms with Crippen LogP contribution in [0.2, 0.25) is 0 Å². The van der Waals surface area contributed by atoms with E-state index in [0.29, 0.717) is 12.1 Å². The van der Waals surface area contributed by atoms with Crippen molar-refractivity contribution in [1.82, 2.24) is 0 Å². The predicted molar refractivity (Wildman–Crippen MR) is 76.2 cm³/mol. The second-order valence-corrected chi connectivity index (χ2v) is 5.33. The van der Waals surface area contributed by atoms with Crippen LogP contribution < -0.4 is 4.90 Å². The number of Topliss-reactive ketones (excluding diaryl/α,β-unsaturated/α-hetero) is 1. The highest BCUT2D eigenvalue weighted by Crippen LogP contribution is 2.32. The van der Waals surface area contributed by atoms with Crippen LogP contribution in [0, 0.1) is 18.8 Å². The van der Waals surface area contributed by atoms with E-state index in [1.54, 1.807) is 19.9 Å². The minimum atomic E-state index is -0.518. The molecule has 106 valence electrons. The zero-order valence-corrected chi connectivity index (χ0v) is 12.1. The maximum atomic E-state index is 12.4. The van der Waals surface area contributed by atoms with Crippen molar-refractivity contribution < 1.29 is 14.4 Å². The van der Waals surface area contributed by atoms with E-state index in [1.165, 1.54) is 4.90 Å². The molecule has 1 aliphatic rings. The summed E-state index contributed by atoms with van der Waals surface area (Å²) in [7, 11) is 0. The van der Waals surface area contributed by atoms with Crippen molar-refractivity contribution in [3.63, 3.8) is 0 Å². The number of ketones is 1. The fourth-order valence-corrected chi connectivity index (χ4v) is 2.63. The topological polar surface area (TPSA) is 54.5 Å². The number of amides is 2. The lowest BCUT2D eigenvalue weighted by atomic mass is 9.88. The van der Waals surface area contributed by atoms with E-state index < -0.39 is 11.8 Å². The van der Waals surface area contributed by atoms with Crippen molar-refractivity contribution in [2.75, 3.05) is 4.90 Å². The number of benzene rings is 1. The van der Waals surface area contributed by atoms with Gasteiger partial charge in [0.25, 0.3) is 0 Å². The Morgan fingerprint density at radius 3 is 2.70 bits per heavy atom. The van der Waals surface area contributed by atoms with Crippen molar-refractivity contribution in [1.29, 1.82) is 0 Å². The first-order valence-electron chi connectivity index (χ1n) is 6.92. The molecule has 1 aromatic rings. The highest BCUT2D eigenvalue weighted by atomic mass is 16.2. The van der Waals surface area contributed by atoms with Crippen LogP contribution in [-0.4, -0.2) is 17.6 Å². The van der Waals surface area contributed by atoms with Crippen LogP contribution in [0.15, 0.2) is 24.3 Å². The smallest absolute Gasteiger partial charge is 0.238 e. The van der Waals surface area contributed by atoms with Gasteiger partial charge in [0, 0.05) is 18.8 Å². The summed E-state index contributed by atoms with van der Waals surface area (Å²) < 4.78 is 0. The SMILES string of the molecule is CCC(=O)C(C)C1CC(=O)N(c2cccc(C)c2)C1=O. The first kappa shape index (κ1) is 14.4. The number of imide groups is 1. The zero-order chi connectivity index (χ0) is 14.9. The van der Waals surface area contributed by atoms with E-state index in [4.69, 9.17) is 0 Å². The number of anilines is 1. The average molecular weight is 273 g/mol. The Bertz CT molecular complexity index is 565. The van der Waals surface area contributed by atoms with Crippen LogP contribution in [0.25, 0.3) is 0 Å². The van der Waals surface area contributed by atoms with Crippen molar-refractivity contribution in [3.05, 3.63) is 29.8 Å². The first-order chi connectivity index (χ1) is 9.45. The number of nitrogens with zero attached hydrogens (tertiary/aromatic N) is 1. The lowest BCUT2D eigenvalue weighted by Crippen LogP contribution is -2.33. The molecule has 1 heterocycles. The standard InChI is InChI=1S/C16H19NO3/c1-4-14(18)11(3)13-9-15(19)17(16(13)20)12-7-5-6-10(2)8-12/h5-8,11,13H,4,9H2,1-3H3. The van der Waals surface area contributed by atoms with Crippen LogP contribution >= 0.6 is 0 Å². The van der Waals surface area contributed by atoms with Gasteiger partial charge in [-0.25, -0.2) is 0 Å². The van der Waals surface area contributed by atoms with Crippen LogP contribution in [0.5, 0.6) is 0 Å². The summed E-state index contributed by atoms with van der Waals surface area (Å²) in [5, 5.41) is 0. The highest BCUT2D eigenvalue weighted by molar-refractivity contribution is 6.21. The molecule has 0 saturated carbocycles. The van der Waals surface area contributed by atoms with Gasteiger partial charge >= 0.3 is 0 Å². The quantitative estimate of drug-likeness (QED) is 0.792. The van der Waals surface area contributed by atoms with Crippen molar-refractivity contribution >= 4 is 23.3 Å². The van der Waals surface area contributed by atoms with Gasteiger partial charge in [-0.2, -0.15) is 0 Å². The van der Waals surface area contributed by atoms with Gasteiger partial charge < -0.3 is 0 Å². The number of hydrogen-bond acceptors (Lipinski definition) is 3. The third-order valence-corrected chi connectivity index (χ3v) is 3.90. The summed E-state index contributed by atoms with van der Waals surface area (Å²) in [5.74, 6) is -1.36. The molecule has 2 amide bonds. The lowest BCUT2D eigenvalue weighted by Gasteiger charge is -2.18. The molecular formula is C16H19NO3. The van der Waals surface area contributed by atoms with Crippen LogP contribution in [-0.2, 0) is 14.4 Å². The van der Waals surface area contributed by atoms with Crippen molar-refractivity contribution in [2.45, 2.75) is 33.6 Å². The van der Waals surface area contributed by atoms with Gasteiger partial charge in [0.2, 0.25) is 11.8 Å².